The second kappa shape index (κ2) is 8.33. The number of hydrogen-bond donors (Lipinski definition) is 2. The highest BCUT2D eigenvalue weighted by Gasteiger charge is 2.16. The van der Waals surface area contributed by atoms with Crippen LogP contribution in [-0.4, -0.2) is 27.7 Å². The first-order chi connectivity index (χ1) is 12.6. The van der Waals surface area contributed by atoms with Crippen molar-refractivity contribution in [3.8, 4) is 11.5 Å². The van der Waals surface area contributed by atoms with Crippen molar-refractivity contribution in [2.24, 2.45) is 0 Å². The van der Waals surface area contributed by atoms with E-state index in [-0.39, 0.29) is 6.61 Å². The van der Waals surface area contributed by atoms with Crippen LogP contribution in [0.2, 0.25) is 5.02 Å². The molecular weight excluding hydrogens is 429 g/mol. The Hall–Kier alpha value is -2.39. The molecule has 0 saturated carbocycles. The molecule has 7 nitrogen and oxygen atoms in total. The average molecular weight is 443 g/mol. The SMILES string of the molecule is COc1ccc(Br)c(CNc2nn[nH]n2)c1OCc1ccc(F)cc1Cl. The van der Waals surface area contributed by atoms with E-state index >= 15 is 0 Å². The molecule has 1 aromatic heterocycles. The van der Waals surface area contributed by atoms with Gasteiger partial charge >= 0.3 is 0 Å². The third kappa shape index (κ3) is 4.23. The van der Waals surface area contributed by atoms with Gasteiger partial charge in [0.2, 0.25) is 0 Å². The number of hydrogen-bond acceptors (Lipinski definition) is 6. The third-order valence-corrected chi connectivity index (χ3v) is 4.64. The maximum Gasteiger partial charge on any atom is 0.263 e. The minimum absolute atomic E-state index is 0.154. The number of methoxy groups -OCH3 is 1. The molecule has 0 amide bonds. The molecule has 136 valence electrons. The van der Waals surface area contributed by atoms with Gasteiger partial charge in [0.05, 0.1) is 12.1 Å². The number of ether oxygens (including phenoxy) is 2. The van der Waals surface area contributed by atoms with Gasteiger partial charge in [0.1, 0.15) is 12.4 Å². The molecule has 0 unspecified atom stereocenters. The molecule has 10 heteroatoms. The second-order valence-corrected chi connectivity index (χ2v) is 6.43. The van der Waals surface area contributed by atoms with Crippen LogP contribution in [0.4, 0.5) is 10.3 Å². The Bertz CT molecular complexity index is 895. The van der Waals surface area contributed by atoms with E-state index in [1.165, 1.54) is 12.1 Å². The monoisotopic (exact) mass is 441 g/mol. The molecule has 26 heavy (non-hydrogen) atoms. The molecule has 0 aliphatic carbocycles. The van der Waals surface area contributed by atoms with Crippen molar-refractivity contribution in [1.29, 1.82) is 0 Å². The van der Waals surface area contributed by atoms with Crippen LogP contribution in [0.3, 0.4) is 0 Å². The van der Waals surface area contributed by atoms with E-state index in [4.69, 9.17) is 21.1 Å². The molecule has 0 aliphatic rings. The van der Waals surface area contributed by atoms with Gasteiger partial charge in [-0.1, -0.05) is 38.7 Å². The Labute approximate surface area is 162 Å². The van der Waals surface area contributed by atoms with E-state index in [0.717, 1.165) is 10.0 Å². The molecule has 2 N–H and O–H groups in total. The lowest BCUT2D eigenvalue weighted by atomic mass is 10.1. The molecule has 0 radical (unpaired) electrons. The Morgan fingerprint density at radius 2 is 2.15 bits per heavy atom. The average Bonchev–Trinajstić information content (AvgIpc) is 3.14. The Morgan fingerprint density at radius 1 is 1.31 bits per heavy atom. The summed E-state index contributed by atoms with van der Waals surface area (Å²) in [5.74, 6) is 1.03. The topological polar surface area (TPSA) is 85.0 Å². The van der Waals surface area contributed by atoms with E-state index in [1.807, 2.05) is 6.07 Å². The number of tetrazole rings is 1. The van der Waals surface area contributed by atoms with Crippen LogP contribution in [0.15, 0.2) is 34.8 Å². The lowest BCUT2D eigenvalue weighted by Gasteiger charge is -2.17. The smallest absolute Gasteiger partial charge is 0.263 e. The van der Waals surface area contributed by atoms with E-state index < -0.39 is 5.82 Å². The summed E-state index contributed by atoms with van der Waals surface area (Å²) >= 11 is 9.58. The zero-order chi connectivity index (χ0) is 18.5. The predicted molar refractivity (Wildman–Crippen MR) is 97.9 cm³/mol. The van der Waals surface area contributed by atoms with Crippen molar-refractivity contribution in [1.82, 2.24) is 20.6 Å². The number of aromatic nitrogens is 4. The Balaban J connectivity index is 1.84. The quantitative estimate of drug-likeness (QED) is 0.576. The van der Waals surface area contributed by atoms with E-state index in [1.54, 1.807) is 19.2 Å². The highest BCUT2D eigenvalue weighted by Crippen LogP contribution is 2.37. The number of nitrogens with zero attached hydrogens (tertiary/aromatic N) is 3. The number of anilines is 1. The lowest BCUT2D eigenvalue weighted by Crippen LogP contribution is -2.07. The van der Waals surface area contributed by atoms with Gasteiger partial charge in [0.25, 0.3) is 5.95 Å². The van der Waals surface area contributed by atoms with Crippen LogP contribution in [0.1, 0.15) is 11.1 Å². The molecule has 3 aromatic rings. The molecule has 0 bridgehead atoms. The molecule has 0 aliphatic heterocycles. The highest BCUT2D eigenvalue weighted by atomic mass is 79.9. The summed E-state index contributed by atoms with van der Waals surface area (Å²) in [5, 5.41) is 16.9. The number of nitrogens with one attached hydrogen (secondary N) is 2. The fourth-order valence-electron chi connectivity index (χ4n) is 2.26. The van der Waals surface area contributed by atoms with E-state index in [9.17, 15) is 4.39 Å². The summed E-state index contributed by atoms with van der Waals surface area (Å²) in [7, 11) is 1.55. The van der Waals surface area contributed by atoms with Gasteiger partial charge in [-0.2, -0.15) is 5.21 Å². The first kappa shape index (κ1) is 18.4. The molecule has 0 atom stereocenters. The van der Waals surface area contributed by atoms with E-state index in [0.29, 0.717) is 34.6 Å². The van der Waals surface area contributed by atoms with Gasteiger partial charge in [-0.05, 0) is 29.5 Å². The zero-order valence-electron chi connectivity index (χ0n) is 13.6. The van der Waals surface area contributed by atoms with Gasteiger partial charge in [0, 0.05) is 22.1 Å². The summed E-state index contributed by atoms with van der Waals surface area (Å²) in [5.41, 5.74) is 1.46. The van der Waals surface area contributed by atoms with Crippen molar-refractivity contribution in [2.45, 2.75) is 13.2 Å². The van der Waals surface area contributed by atoms with Crippen LogP contribution in [-0.2, 0) is 13.2 Å². The summed E-state index contributed by atoms with van der Waals surface area (Å²) in [6.45, 7) is 0.519. The highest BCUT2D eigenvalue weighted by molar-refractivity contribution is 9.10. The molecule has 0 spiro atoms. The molecule has 0 fully saturated rings. The maximum absolute atomic E-state index is 13.2. The van der Waals surface area contributed by atoms with Crippen molar-refractivity contribution in [3.05, 3.63) is 56.8 Å². The van der Waals surface area contributed by atoms with Gasteiger partial charge < -0.3 is 14.8 Å². The largest absolute Gasteiger partial charge is 0.493 e. The normalized spacial score (nSPS) is 10.6. The number of halogens is 3. The Morgan fingerprint density at radius 3 is 2.85 bits per heavy atom. The van der Waals surface area contributed by atoms with Crippen molar-refractivity contribution in [2.75, 3.05) is 12.4 Å². The number of benzene rings is 2. The van der Waals surface area contributed by atoms with Crippen LogP contribution < -0.4 is 14.8 Å². The third-order valence-electron chi connectivity index (χ3n) is 3.54. The second-order valence-electron chi connectivity index (χ2n) is 5.17. The number of rotatable bonds is 7. The minimum atomic E-state index is -0.399. The first-order valence-electron chi connectivity index (χ1n) is 7.48. The minimum Gasteiger partial charge on any atom is -0.493 e. The van der Waals surface area contributed by atoms with Gasteiger partial charge in [-0.15, -0.1) is 5.10 Å². The molecule has 3 rings (SSSR count). The molecule has 0 saturated heterocycles. The molecular formula is C16H14BrClFN5O2. The molecule has 2 aromatic carbocycles. The van der Waals surface area contributed by atoms with Crippen LogP contribution in [0.25, 0.3) is 0 Å². The van der Waals surface area contributed by atoms with Crippen LogP contribution >= 0.6 is 27.5 Å². The fraction of sp³-hybridized carbons (Fsp3) is 0.188. The van der Waals surface area contributed by atoms with E-state index in [2.05, 4.69) is 41.9 Å². The van der Waals surface area contributed by atoms with Crippen LogP contribution in [0.5, 0.6) is 11.5 Å². The molecule has 1 heterocycles. The summed E-state index contributed by atoms with van der Waals surface area (Å²) in [4.78, 5) is 0. The standard InChI is InChI=1S/C16H14BrClFN5O2/c1-25-14-5-4-12(17)11(7-20-16-21-23-24-22-16)15(14)26-8-9-2-3-10(19)6-13(9)18/h2-6H,7-8H2,1H3,(H2,20,21,22,23,24). The number of H-pyrrole nitrogens is 1. The summed E-state index contributed by atoms with van der Waals surface area (Å²) in [6.07, 6.45) is 0. The van der Waals surface area contributed by atoms with Crippen molar-refractivity contribution >= 4 is 33.5 Å². The van der Waals surface area contributed by atoms with Crippen molar-refractivity contribution < 1.29 is 13.9 Å². The van der Waals surface area contributed by atoms with Crippen LogP contribution in [0, 0.1) is 5.82 Å². The lowest BCUT2D eigenvalue weighted by molar-refractivity contribution is 0.281. The van der Waals surface area contributed by atoms with Crippen molar-refractivity contribution in [3.63, 3.8) is 0 Å². The van der Waals surface area contributed by atoms with Gasteiger partial charge in [-0.3, -0.25) is 0 Å². The zero-order valence-corrected chi connectivity index (χ0v) is 15.9. The number of aromatic amines is 1. The van der Waals surface area contributed by atoms with Gasteiger partial charge in [-0.25, -0.2) is 4.39 Å². The summed E-state index contributed by atoms with van der Waals surface area (Å²) in [6, 6.07) is 7.80. The first-order valence-corrected chi connectivity index (χ1v) is 8.65. The predicted octanol–water partition coefficient (Wildman–Crippen LogP) is 3.95. The Kier molecular flexibility index (Phi) is 5.89. The fourth-order valence-corrected chi connectivity index (χ4v) is 2.93. The summed E-state index contributed by atoms with van der Waals surface area (Å²) < 4.78 is 25.4. The van der Waals surface area contributed by atoms with Gasteiger partial charge in [0.15, 0.2) is 11.5 Å². The maximum atomic E-state index is 13.2.